The summed E-state index contributed by atoms with van der Waals surface area (Å²) in [5, 5.41) is 0. The fourth-order valence-electron chi connectivity index (χ4n) is 2.25. The van der Waals surface area contributed by atoms with Crippen molar-refractivity contribution in [3.05, 3.63) is 28.0 Å². The number of amides is 2. The lowest BCUT2D eigenvalue weighted by Crippen LogP contribution is -2.52. The van der Waals surface area contributed by atoms with E-state index in [1.165, 1.54) is 9.78 Å². The molecule has 0 aliphatic carbocycles. The van der Waals surface area contributed by atoms with E-state index in [0.29, 0.717) is 26.2 Å². The highest BCUT2D eigenvalue weighted by atomic mass is 32.1. The Morgan fingerprint density at radius 1 is 1.17 bits per heavy atom. The first-order valence-electron chi connectivity index (χ1n) is 7.50. The summed E-state index contributed by atoms with van der Waals surface area (Å²) in [4.78, 5) is 40.7. The van der Waals surface area contributed by atoms with Crippen molar-refractivity contribution in [1.29, 1.82) is 0 Å². The normalized spacial score (nSPS) is 15.0. The van der Waals surface area contributed by atoms with Crippen LogP contribution in [-0.2, 0) is 19.1 Å². The van der Waals surface area contributed by atoms with Crippen LogP contribution in [0.4, 0.5) is 0 Å². The van der Waals surface area contributed by atoms with Crippen LogP contribution in [0.2, 0.25) is 0 Å². The SMILES string of the molecule is CCOC(=O)C(=O)N1CCN(C(=O)/C=C\c2ccc(C)s2)CC1. The first-order valence-corrected chi connectivity index (χ1v) is 8.32. The van der Waals surface area contributed by atoms with Gasteiger partial charge in [-0.15, -0.1) is 11.3 Å². The quantitative estimate of drug-likeness (QED) is 0.474. The van der Waals surface area contributed by atoms with Crippen molar-refractivity contribution >= 4 is 35.2 Å². The molecule has 0 N–H and O–H groups in total. The molecule has 23 heavy (non-hydrogen) atoms. The summed E-state index contributed by atoms with van der Waals surface area (Å²) in [6.45, 7) is 5.36. The zero-order valence-electron chi connectivity index (χ0n) is 13.3. The van der Waals surface area contributed by atoms with Crippen LogP contribution < -0.4 is 0 Å². The Labute approximate surface area is 139 Å². The van der Waals surface area contributed by atoms with Crippen molar-refractivity contribution in [2.24, 2.45) is 0 Å². The number of ether oxygens (including phenoxy) is 1. The number of aryl methyl sites for hydroxylation is 1. The first kappa shape index (κ1) is 17.2. The summed E-state index contributed by atoms with van der Waals surface area (Å²) in [5.41, 5.74) is 0. The number of esters is 1. The molecular weight excluding hydrogens is 316 g/mol. The number of carbonyl (C=O) groups is 3. The molecule has 1 fully saturated rings. The molecule has 1 saturated heterocycles. The maximum atomic E-state index is 12.1. The predicted molar refractivity (Wildman–Crippen MR) is 87.9 cm³/mol. The molecule has 2 heterocycles. The van der Waals surface area contributed by atoms with Crippen LogP contribution in [0.15, 0.2) is 18.2 Å². The second kappa shape index (κ2) is 7.92. The van der Waals surface area contributed by atoms with Crippen molar-refractivity contribution in [1.82, 2.24) is 9.80 Å². The molecule has 0 radical (unpaired) electrons. The molecule has 0 unspecified atom stereocenters. The molecule has 1 aromatic rings. The van der Waals surface area contributed by atoms with Crippen LogP contribution in [0.3, 0.4) is 0 Å². The molecule has 1 aliphatic rings. The van der Waals surface area contributed by atoms with Crippen LogP contribution in [0.5, 0.6) is 0 Å². The maximum absolute atomic E-state index is 12.1. The van der Waals surface area contributed by atoms with E-state index in [2.05, 4.69) is 0 Å². The van der Waals surface area contributed by atoms with Crippen molar-refractivity contribution in [2.75, 3.05) is 32.8 Å². The van der Waals surface area contributed by atoms with Gasteiger partial charge in [-0.3, -0.25) is 9.59 Å². The first-order chi connectivity index (χ1) is 11.0. The highest BCUT2D eigenvalue weighted by Gasteiger charge is 2.27. The summed E-state index contributed by atoms with van der Waals surface area (Å²) in [7, 11) is 0. The minimum absolute atomic E-state index is 0.0840. The second-order valence-corrected chi connectivity index (χ2v) is 6.44. The summed E-state index contributed by atoms with van der Waals surface area (Å²) in [6, 6.07) is 3.98. The monoisotopic (exact) mass is 336 g/mol. The van der Waals surface area contributed by atoms with Gasteiger partial charge >= 0.3 is 11.9 Å². The summed E-state index contributed by atoms with van der Waals surface area (Å²) >= 11 is 1.63. The van der Waals surface area contributed by atoms with Gasteiger partial charge in [0.2, 0.25) is 5.91 Å². The summed E-state index contributed by atoms with van der Waals surface area (Å²) < 4.78 is 4.70. The van der Waals surface area contributed by atoms with Gasteiger partial charge in [0, 0.05) is 42.0 Å². The molecule has 0 spiro atoms. The van der Waals surface area contributed by atoms with Gasteiger partial charge in [-0.25, -0.2) is 4.79 Å². The molecule has 2 amide bonds. The molecule has 1 aliphatic heterocycles. The third-order valence-corrected chi connectivity index (χ3v) is 4.45. The summed E-state index contributed by atoms with van der Waals surface area (Å²) in [6.07, 6.45) is 3.35. The zero-order chi connectivity index (χ0) is 16.8. The van der Waals surface area contributed by atoms with E-state index in [4.69, 9.17) is 4.74 Å². The molecule has 0 bridgehead atoms. The van der Waals surface area contributed by atoms with Crippen molar-refractivity contribution in [3.63, 3.8) is 0 Å². The van der Waals surface area contributed by atoms with Gasteiger partial charge in [0.05, 0.1) is 6.61 Å². The smallest absolute Gasteiger partial charge is 0.397 e. The highest BCUT2D eigenvalue weighted by Crippen LogP contribution is 2.16. The minimum atomic E-state index is -0.833. The Bertz CT molecular complexity index is 615. The highest BCUT2D eigenvalue weighted by molar-refractivity contribution is 7.12. The summed E-state index contributed by atoms with van der Waals surface area (Å²) in [5.74, 6) is -1.55. The average Bonchev–Trinajstić information content (AvgIpc) is 2.97. The molecule has 0 aromatic carbocycles. The standard InChI is InChI=1S/C16H20N2O4S/c1-3-22-16(21)15(20)18-10-8-17(9-11-18)14(19)7-6-13-5-4-12(2)23-13/h4-7H,3,8-11H2,1-2H3/b7-6-. The van der Waals surface area contributed by atoms with Gasteiger partial charge in [-0.1, -0.05) is 0 Å². The Morgan fingerprint density at radius 2 is 1.83 bits per heavy atom. The Hall–Kier alpha value is -2.15. The molecule has 124 valence electrons. The van der Waals surface area contributed by atoms with Crippen LogP contribution in [0.1, 0.15) is 16.7 Å². The molecule has 7 heteroatoms. The van der Waals surface area contributed by atoms with Crippen molar-refractivity contribution in [2.45, 2.75) is 13.8 Å². The lowest BCUT2D eigenvalue weighted by atomic mass is 10.3. The Morgan fingerprint density at radius 3 is 2.39 bits per heavy atom. The number of hydrogen-bond acceptors (Lipinski definition) is 5. The van der Waals surface area contributed by atoms with E-state index in [-0.39, 0.29) is 12.5 Å². The van der Waals surface area contributed by atoms with E-state index in [0.717, 1.165) is 4.88 Å². The third kappa shape index (κ3) is 4.66. The lowest BCUT2D eigenvalue weighted by Gasteiger charge is -2.33. The van der Waals surface area contributed by atoms with Gasteiger partial charge in [-0.2, -0.15) is 0 Å². The van der Waals surface area contributed by atoms with Crippen LogP contribution in [0.25, 0.3) is 6.08 Å². The Balaban J connectivity index is 1.84. The van der Waals surface area contributed by atoms with Gasteiger partial charge < -0.3 is 14.5 Å². The van der Waals surface area contributed by atoms with Gasteiger partial charge in [-0.05, 0) is 32.1 Å². The van der Waals surface area contributed by atoms with Crippen LogP contribution >= 0.6 is 11.3 Å². The molecule has 6 nitrogen and oxygen atoms in total. The van der Waals surface area contributed by atoms with Crippen molar-refractivity contribution < 1.29 is 19.1 Å². The van der Waals surface area contributed by atoms with Crippen LogP contribution in [-0.4, -0.2) is 60.4 Å². The number of rotatable bonds is 3. The number of piperazine rings is 1. The average molecular weight is 336 g/mol. The van der Waals surface area contributed by atoms with Gasteiger partial charge in [0.25, 0.3) is 0 Å². The minimum Gasteiger partial charge on any atom is -0.459 e. The molecular formula is C16H20N2O4S. The third-order valence-electron chi connectivity index (χ3n) is 3.48. The number of carbonyl (C=O) groups excluding carboxylic acids is 3. The molecule has 2 rings (SSSR count). The largest absolute Gasteiger partial charge is 0.459 e. The fourth-order valence-corrected chi connectivity index (χ4v) is 3.03. The second-order valence-electron chi connectivity index (χ2n) is 5.12. The zero-order valence-corrected chi connectivity index (χ0v) is 14.1. The predicted octanol–water partition coefficient (Wildman–Crippen LogP) is 1.30. The number of hydrogen-bond donors (Lipinski definition) is 0. The maximum Gasteiger partial charge on any atom is 0.397 e. The van der Waals surface area contributed by atoms with E-state index in [1.807, 2.05) is 19.1 Å². The Kier molecular flexibility index (Phi) is 5.92. The van der Waals surface area contributed by atoms with Crippen molar-refractivity contribution in [3.8, 4) is 0 Å². The van der Waals surface area contributed by atoms with E-state index in [9.17, 15) is 14.4 Å². The number of thiophene rings is 1. The van der Waals surface area contributed by atoms with E-state index < -0.39 is 11.9 Å². The molecule has 0 saturated carbocycles. The number of nitrogens with zero attached hydrogens (tertiary/aromatic N) is 2. The molecule has 0 atom stereocenters. The molecule has 1 aromatic heterocycles. The van der Waals surface area contributed by atoms with E-state index in [1.54, 1.807) is 35.3 Å². The van der Waals surface area contributed by atoms with Gasteiger partial charge in [0.15, 0.2) is 0 Å². The topological polar surface area (TPSA) is 66.9 Å². The van der Waals surface area contributed by atoms with Crippen LogP contribution in [0, 0.1) is 6.92 Å². The van der Waals surface area contributed by atoms with E-state index >= 15 is 0 Å². The lowest BCUT2D eigenvalue weighted by molar-refractivity contribution is -0.161. The fraction of sp³-hybridized carbons (Fsp3) is 0.438. The van der Waals surface area contributed by atoms with Gasteiger partial charge in [0.1, 0.15) is 0 Å².